The number of nitrogens with zero attached hydrogens (tertiary/aromatic N) is 1. The van der Waals surface area contributed by atoms with Gasteiger partial charge in [0.25, 0.3) is 0 Å². The number of aromatic nitrogens is 1. The number of rotatable bonds is 4. The molecule has 1 heterocycles. The summed E-state index contributed by atoms with van der Waals surface area (Å²) in [6, 6.07) is 24.8. The van der Waals surface area contributed by atoms with E-state index < -0.39 is 0 Å². The molecule has 0 atom stereocenters. The summed E-state index contributed by atoms with van der Waals surface area (Å²) in [6.45, 7) is 13.7. The predicted octanol–water partition coefficient (Wildman–Crippen LogP) is 4.54. The molecule has 0 aliphatic heterocycles. The normalized spacial score (nSPS) is 11.0. The molecular weight excluding hydrogens is 385 g/mol. The predicted molar refractivity (Wildman–Crippen MR) is 139 cm³/mol. The lowest BCUT2D eigenvalue weighted by atomic mass is 9.34. The average Bonchev–Trinajstić information content (AvgIpc) is 2.72. The summed E-state index contributed by atoms with van der Waals surface area (Å²) in [5.74, 6) is 0. The Labute approximate surface area is 193 Å². The van der Waals surface area contributed by atoms with E-state index in [4.69, 9.17) is 0 Å². The lowest BCUT2D eigenvalue weighted by Gasteiger charge is -2.24. The van der Waals surface area contributed by atoms with Crippen molar-refractivity contribution in [3.63, 3.8) is 0 Å². The zero-order chi connectivity index (χ0) is 23.0. The smallest absolute Gasteiger partial charge is 0.201 e. The third-order valence-corrected chi connectivity index (χ3v) is 6.65. The summed E-state index contributed by atoms with van der Waals surface area (Å²) in [6.07, 6.45) is 2.10. The van der Waals surface area contributed by atoms with E-state index in [1.807, 2.05) is 0 Å². The Balaban J connectivity index is 1.93. The highest BCUT2D eigenvalue weighted by atomic mass is 14.9. The van der Waals surface area contributed by atoms with Crippen molar-refractivity contribution in [2.75, 3.05) is 0 Å². The molecule has 0 N–H and O–H groups in total. The van der Waals surface area contributed by atoms with Gasteiger partial charge < -0.3 is 0 Å². The molecule has 0 saturated carbocycles. The van der Waals surface area contributed by atoms with Gasteiger partial charge in [-0.05, 0) is 59.7 Å². The van der Waals surface area contributed by atoms with Gasteiger partial charge in [0.1, 0.15) is 7.05 Å². The fourth-order valence-electron chi connectivity index (χ4n) is 5.44. The summed E-state index contributed by atoms with van der Waals surface area (Å²) < 4.78 is 2.18. The van der Waals surface area contributed by atoms with Crippen molar-refractivity contribution in [3.05, 3.63) is 106 Å². The van der Waals surface area contributed by atoms with Crippen LogP contribution in [0.25, 0.3) is 11.3 Å². The van der Waals surface area contributed by atoms with Crippen LogP contribution in [0.1, 0.15) is 33.4 Å². The second-order valence-corrected chi connectivity index (χ2v) is 9.38. The summed E-state index contributed by atoms with van der Waals surface area (Å²) in [5.41, 5.74) is 14.8. The van der Waals surface area contributed by atoms with Gasteiger partial charge in [-0.25, -0.2) is 4.57 Å². The van der Waals surface area contributed by atoms with E-state index in [0.717, 1.165) is 0 Å². The van der Waals surface area contributed by atoms with E-state index in [0.29, 0.717) is 0 Å². The molecule has 0 amide bonds. The summed E-state index contributed by atoms with van der Waals surface area (Å²) >= 11 is 0. The second kappa shape index (κ2) is 8.78. The van der Waals surface area contributed by atoms with Crippen molar-refractivity contribution in [1.29, 1.82) is 0 Å². The van der Waals surface area contributed by atoms with Crippen LogP contribution in [0.5, 0.6) is 0 Å². The molecule has 0 saturated heterocycles. The standard InChI is InChI=1S/C30H33BN/c1-20-16-22(3)29(23(4)17-20)31(30-24(5)18-21(2)19-25(30)6)27-13-11-26(12-14-27)28-10-8-9-15-32(28)7/h8-19H,1-7H3/q+1. The number of hydrogen-bond acceptors (Lipinski definition) is 0. The van der Waals surface area contributed by atoms with Crippen LogP contribution in [0.3, 0.4) is 0 Å². The highest BCUT2D eigenvalue weighted by Gasteiger charge is 2.28. The molecule has 160 valence electrons. The van der Waals surface area contributed by atoms with Gasteiger partial charge in [-0.1, -0.05) is 86.2 Å². The van der Waals surface area contributed by atoms with Gasteiger partial charge in [0.2, 0.25) is 12.4 Å². The Kier molecular flexibility index (Phi) is 6.06. The van der Waals surface area contributed by atoms with Gasteiger partial charge in [-0.3, -0.25) is 0 Å². The van der Waals surface area contributed by atoms with Gasteiger partial charge in [-0.15, -0.1) is 0 Å². The number of pyridine rings is 1. The summed E-state index contributed by atoms with van der Waals surface area (Å²) in [4.78, 5) is 0. The fourth-order valence-corrected chi connectivity index (χ4v) is 5.44. The molecule has 0 radical (unpaired) electrons. The van der Waals surface area contributed by atoms with Crippen LogP contribution in [0.2, 0.25) is 0 Å². The van der Waals surface area contributed by atoms with Crippen LogP contribution in [-0.2, 0) is 7.05 Å². The van der Waals surface area contributed by atoms with E-state index in [1.54, 1.807) is 0 Å². The van der Waals surface area contributed by atoms with E-state index in [1.165, 1.54) is 61.0 Å². The van der Waals surface area contributed by atoms with E-state index in [9.17, 15) is 0 Å². The van der Waals surface area contributed by atoms with Gasteiger partial charge in [0.05, 0.1) is 0 Å². The van der Waals surface area contributed by atoms with Gasteiger partial charge >= 0.3 is 0 Å². The van der Waals surface area contributed by atoms with Crippen LogP contribution in [0.15, 0.2) is 72.9 Å². The maximum atomic E-state index is 2.33. The Hall–Kier alpha value is -3.13. The maximum absolute atomic E-state index is 2.33. The lowest BCUT2D eigenvalue weighted by Crippen LogP contribution is -2.55. The fraction of sp³-hybridized carbons (Fsp3) is 0.233. The molecule has 0 aliphatic rings. The summed E-state index contributed by atoms with van der Waals surface area (Å²) in [5, 5.41) is 0. The average molecular weight is 418 g/mol. The lowest BCUT2D eigenvalue weighted by molar-refractivity contribution is -0.660. The Morgan fingerprint density at radius 1 is 0.594 bits per heavy atom. The molecule has 3 aromatic carbocycles. The van der Waals surface area contributed by atoms with Crippen molar-refractivity contribution in [3.8, 4) is 11.3 Å². The first-order valence-corrected chi connectivity index (χ1v) is 11.5. The van der Waals surface area contributed by atoms with Gasteiger partial charge in [-0.2, -0.15) is 0 Å². The molecule has 4 aromatic rings. The van der Waals surface area contributed by atoms with Crippen molar-refractivity contribution >= 4 is 23.1 Å². The van der Waals surface area contributed by atoms with Crippen LogP contribution in [0.4, 0.5) is 0 Å². The van der Waals surface area contributed by atoms with Crippen molar-refractivity contribution < 1.29 is 4.57 Å². The zero-order valence-corrected chi connectivity index (χ0v) is 20.5. The Morgan fingerprint density at radius 3 is 1.50 bits per heavy atom. The molecule has 0 aliphatic carbocycles. The van der Waals surface area contributed by atoms with E-state index in [-0.39, 0.29) is 6.71 Å². The third kappa shape index (κ3) is 4.15. The minimum Gasteiger partial charge on any atom is -0.201 e. The molecule has 0 unspecified atom stereocenters. The van der Waals surface area contributed by atoms with Gasteiger partial charge in [0, 0.05) is 17.7 Å². The summed E-state index contributed by atoms with van der Waals surface area (Å²) in [7, 11) is 2.10. The molecule has 0 spiro atoms. The first kappa shape index (κ1) is 22.1. The Bertz CT molecular complexity index is 1180. The zero-order valence-electron chi connectivity index (χ0n) is 20.5. The molecular formula is C30H33BN+. The topological polar surface area (TPSA) is 3.88 Å². The SMILES string of the molecule is Cc1cc(C)c(B(c2ccc(-c3cccc[n+]3C)cc2)c2c(C)cc(C)cc2C)c(C)c1. The van der Waals surface area contributed by atoms with E-state index in [2.05, 4.69) is 126 Å². The molecule has 2 heteroatoms. The first-order chi connectivity index (χ1) is 15.3. The van der Waals surface area contributed by atoms with Gasteiger partial charge in [0.15, 0.2) is 6.20 Å². The molecule has 1 aromatic heterocycles. The highest BCUT2D eigenvalue weighted by Crippen LogP contribution is 2.16. The third-order valence-electron chi connectivity index (χ3n) is 6.65. The molecule has 32 heavy (non-hydrogen) atoms. The first-order valence-electron chi connectivity index (χ1n) is 11.5. The molecule has 0 bridgehead atoms. The maximum Gasteiger partial charge on any atom is 0.242 e. The van der Waals surface area contributed by atoms with Crippen LogP contribution in [-0.4, -0.2) is 6.71 Å². The monoisotopic (exact) mass is 418 g/mol. The van der Waals surface area contributed by atoms with Crippen molar-refractivity contribution in [2.24, 2.45) is 7.05 Å². The Morgan fingerprint density at radius 2 is 1.06 bits per heavy atom. The minimum atomic E-state index is 0.217. The van der Waals surface area contributed by atoms with Crippen LogP contribution < -0.4 is 21.0 Å². The molecule has 0 fully saturated rings. The van der Waals surface area contributed by atoms with Crippen LogP contribution >= 0.6 is 0 Å². The highest BCUT2D eigenvalue weighted by molar-refractivity contribution is 6.96. The molecule has 4 rings (SSSR count). The molecule has 1 nitrogen and oxygen atoms in total. The second-order valence-electron chi connectivity index (χ2n) is 9.38. The quantitative estimate of drug-likeness (QED) is 0.338. The number of aryl methyl sites for hydroxylation is 7. The number of hydrogen-bond donors (Lipinski definition) is 0. The largest absolute Gasteiger partial charge is 0.242 e. The minimum absolute atomic E-state index is 0.217. The number of benzene rings is 3. The van der Waals surface area contributed by atoms with Crippen molar-refractivity contribution in [2.45, 2.75) is 41.5 Å². The van der Waals surface area contributed by atoms with E-state index >= 15 is 0 Å². The van der Waals surface area contributed by atoms with Crippen LogP contribution in [0, 0.1) is 41.5 Å². The van der Waals surface area contributed by atoms with Crippen molar-refractivity contribution in [1.82, 2.24) is 0 Å².